The Bertz CT molecular complexity index is 1260. The summed E-state index contributed by atoms with van der Waals surface area (Å²) in [6.07, 6.45) is 0. The van der Waals surface area contributed by atoms with E-state index in [4.69, 9.17) is 16.3 Å². The van der Waals surface area contributed by atoms with Gasteiger partial charge in [-0.1, -0.05) is 78.7 Å². The van der Waals surface area contributed by atoms with Crippen molar-refractivity contribution in [1.82, 2.24) is 20.0 Å². The lowest BCUT2D eigenvalue weighted by molar-refractivity contribution is 0.0593. The summed E-state index contributed by atoms with van der Waals surface area (Å²) < 4.78 is 6.56. The number of halogens is 1. The Labute approximate surface area is 189 Å². The Balaban J connectivity index is 1.92. The molecule has 4 rings (SSSR count). The van der Waals surface area contributed by atoms with Gasteiger partial charge < -0.3 is 4.74 Å². The lowest BCUT2D eigenvalue weighted by Gasteiger charge is -2.14. The van der Waals surface area contributed by atoms with Gasteiger partial charge in [-0.3, -0.25) is 0 Å². The first-order valence-electron chi connectivity index (χ1n) is 9.77. The van der Waals surface area contributed by atoms with E-state index < -0.39 is 5.97 Å². The molecule has 0 aliphatic heterocycles. The van der Waals surface area contributed by atoms with Crippen LogP contribution in [-0.4, -0.2) is 33.1 Å². The zero-order chi connectivity index (χ0) is 22.1. The van der Waals surface area contributed by atoms with Gasteiger partial charge in [-0.2, -0.15) is 5.10 Å². The first kappa shape index (κ1) is 21.2. The van der Waals surface area contributed by atoms with Crippen molar-refractivity contribution in [2.24, 2.45) is 0 Å². The molecule has 0 aliphatic rings. The third kappa shape index (κ3) is 3.98. The van der Waals surface area contributed by atoms with Gasteiger partial charge in [-0.05, 0) is 30.5 Å². The molecule has 0 radical (unpaired) electrons. The van der Waals surface area contributed by atoms with E-state index in [0.717, 1.165) is 27.4 Å². The number of benzene rings is 2. The quantitative estimate of drug-likeness (QED) is 0.351. The van der Waals surface area contributed by atoms with Crippen molar-refractivity contribution in [2.75, 3.05) is 7.11 Å². The molecule has 0 atom stereocenters. The molecule has 4 aromatic rings. The summed E-state index contributed by atoms with van der Waals surface area (Å²) in [7, 11) is 1.31. The highest BCUT2D eigenvalue weighted by atomic mass is 35.5. The number of hydrogen-bond donors (Lipinski definition) is 0. The number of aryl methyl sites for hydroxylation is 1. The fourth-order valence-electron chi connectivity index (χ4n) is 3.37. The fourth-order valence-corrected chi connectivity index (χ4v) is 4.58. The minimum absolute atomic E-state index is 0.0463. The van der Waals surface area contributed by atoms with Gasteiger partial charge in [0.05, 0.1) is 12.8 Å². The lowest BCUT2D eigenvalue weighted by Crippen LogP contribution is -2.07. The highest BCUT2D eigenvalue weighted by Crippen LogP contribution is 2.38. The van der Waals surface area contributed by atoms with Gasteiger partial charge in [0.15, 0.2) is 10.7 Å². The third-order valence-corrected chi connectivity index (χ3v) is 6.22. The Kier molecular flexibility index (Phi) is 5.89. The molecule has 8 heteroatoms. The van der Waals surface area contributed by atoms with Crippen LogP contribution in [0.1, 0.15) is 41.4 Å². The summed E-state index contributed by atoms with van der Waals surface area (Å²) in [5, 5.41) is 14.8. The zero-order valence-corrected chi connectivity index (χ0v) is 19.2. The number of hydrogen-bond acceptors (Lipinski definition) is 6. The van der Waals surface area contributed by atoms with Crippen molar-refractivity contribution in [2.45, 2.75) is 26.7 Å². The Morgan fingerprint density at radius 1 is 1.10 bits per heavy atom. The zero-order valence-electron chi connectivity index (χ0n) is 17.6. The molecule has 158 valence electrons. The van der Waals surface area contributed by atoms with Crippen LogP contribution in [0.5, 0.6) is 0 Å². The number of rotatable bonds is 5. The molecule has 31 heavy (non-hydrogen) atoms. The minimum Gasteiger partial charge on any atom is -0.464 e. The first-order chi connectivity index (χ1) is 14.9. The molecule has 0 saturated heterocycles. The summed E-state index contributed by atoms with van der Waals surface area (Å²) in [6, 6.07) is 15.9. The van der Waals surface area contributed by atoms with Gasteiger partial charge in [-0.15, -0.1) is 10.2 Å². The normalized spacial score (nSPS) is 11.2. The summed E-state index contributed by atoms with van der Waals surface area (Å²) in [6.45, 7) is 6.24. The number of esters is 1. The third-order valence-electron chi connectivity index (χ3n) is 4.89. The molecule has 2 aromatic heterocycles. The van der Waals surface area contributed by atoms with Crippen molar-refractivity contribution >= 4 is 28.9 Å². The maximum absolute atomic E-state index is 12.3. The summed E-state index contributed by atoms with van der Waals surface area (Å²) in [5.41, 5.74) is 4.58. The van der Waals surface area contributed by atoms with Crippen LogP contribution in [0.15, 0.2) is 48.5 Å². The van der Waals surface area contributed by atoms with E-state index in [1.165, 1.54) is 18.4 Å². The van der Waals surface area contributed by atoms with Gasteiger partial charge >= 0.3 is 5.97 Å². The molecule has 0 amide bonds. The molecule has 2 heterocycles. The first-order valence-corrected chi connectivity index (χ1v) is 11.0. The van der Waals surface area contributed by atoms with Crippen molar-refractivity contribution < 1.29 is 9.53 Å². The molecule has 0 N–H and O–H groups in total. The van der Waals surface area contributed by atoms with Crippen LogP contribution in [0.25, 0.3) is 27.0 Å². The van der Waals surface area contributed by atoms with Crippen molar-refractivity contribution in [3.8, 4) is 27.0 Å². The summed E-state index contributed by atoms with van der Waals surface area (Å²) >= 11 is 8.05. The van der Waals surface area contributed by atoms with Crippen molar-refractivity contribution in [3.05, 3.63) is 70.4 Å². The van der Waals surface area contributed by atoms with E-state index in [-0.39, 0.29) is 16.6 Å². The average molecular weight is 453 g/mol. The van der Waals surface area contributed by atoms with Crippen LogP contribution in [0.4, 0.5) is 0 Å². The lowest BCUT2D eigenvalue weighted by atomic mass is 10.0. The molecular formula is C23H21ClN4O2S. The molecule has 0 bridgehead atoms. The molecule has 0 saturated carbocycles. The topological polar surface area (TPSA) is 69.9 Å². The van der Waals surface area contributed by atoms with Crippen LogP contribution in [0.3, 0.4) is 0 Å². The van der Waals surface area contributed by atoms with Gasteiger partial charge in [0.1, 0.15) is 15.7 Å². The molecular weight excluding hydrogens is 432 g/mol. The largest absolute Gasteiger partial charge is 0.464 e. The number of carbonyl (C=O) groups is 1. The van der Waals surface area contributed by atoms with Crippen LogP contribution in [0, 0.1) is 6.92 Å². The van der Waals surface area contributed by atoms with Crippen LogP contribution in [0.2, 0.25) is 5.02 Å². The Morgan fingerprint density at radius 3 is 2.55 bits per heavy atom. The number of para-hydroxylation sites is 1. The van der Waals surface area contributed by atoms with E-state index in [0.29, 0.717) is 10.7 Å². The van der Waals surface area contributed by atoms with Crippen LogP contribution >= 0.6 is 22.9 Å². The highest BCUT2D eigenvalue weighted by molar-refractivity contribution is 7.18. The second-order valence-corrected chi connectivity index (χ2v) is 8.77. The minimum atomic E-state index is -0.601. The van der Waals surface area contributed by atoms with Gasteiger partial charge in [0.2, 0.25) is 0 Å². The average Bonchev–Trinajstić information content (AvgIpc) is 3.37. The highest BCUT2D eigenvalue weighted by Gasteiger charge is 2.28. The number of carbonyl (C=O) groups excluding carboxylic acids is 1. The summed E-state index contributed by atoms with van der Waals surface area (Å²) in [5.74, 6) is -0.360. The Morgan fingerprint density at radius 2 is 1.84 bits per heavy atom. The Hall–Kier alpha value is -3.03. The second kappa shape index (κ2) is 8.61. The van der Waals surface area contributed by atoms with Crippen molar-refractivity contribution in [3.63, 3.8) is 0 Å². The molecule has 2 aromatic carbocycles. The van der Waals surface area contributed by atoms with Crippen LogP contribution in [-0.2, 0) is 4.74 Å². The standard InChI is InChI=1S/C23H21ClN4O2S/c1-13(2)16-10-5-6-11-17(16)28-20(18(24)19(27-28)23(29)30-4)22-26-25-21(31-22)15-9-7-8-14(3)12-15/h5-13H,1-4H3. The molecule has 6 nitrogen and oxygen atoms in total. The maximum atomic E-state index is 12.3. The smallest absolute Gasteiger partial charge is 0.360 e. The number of ether oxygens (including phenoxy) is 1. The molecule has 0 spiro atoms. The van der Waals surface area contributed by atoms with E-state index >= 15 is 0 Å². The van der Waals surface area contributed by atoms with E-state index in [9.17, 15) is 4.79 Å². The predicted molar refractivity (Wildman–Crippen MR) is 123 cm³/mol. The molecule has 0 unspecified atom stereocenters. The number of nitrogens with zero attached hydrogens (tertiary/aromatic N) is 4. The number of methoxy groups -OCH3 is 1. The van der Waals surface area contributed by atoms with Crippen molar-refractivity contribution in [1.29, 1.82) is 0 Å². The monoisotopic (exact) mass is 452 g/mol. The van der Waals surface area contributed by atoms with Gasteiger partial charge in [0.25, 0.3) is 0 Å². The van der Waals surface area contributed by atoms with E-state index in [2.05, 4.69) is 35.2 Å². The predicted octanol–water partition coefficient (Wildman–Crippen LogP) is 5.93. The number of aromatic nitrogens is 4. The summed E-state index contributed by atoms with van der Waals surface area (Å²) in [4.78, 5) is 12.3. The van der Waals surface area contributed by atoms with Crippen LogP contribution < -0.4 is 0 Å². The second-order valence-electron chi connectivity index (χ2n) is 7.41. The fraction of sp³-hybridized carbons (Fsp3) is 0.217. The maximum Gasteiger partial charge on any atom is 0.360 e. The SMILES string of the molecule is COC(=O)c1nn(-c2ccccc2C(C)C)c(-c2nnc(-c3cccc(C)c3)s2)c1Cl. The van der Waals surface area contributed by atoms with E-state index in [1.54, 1.807) is 4.68 Å². The molecule has 0 aliphatic carbocycles. The molecule has 0 fully saturated rings. The van der Waals surface area contributed by atoms with Gasteiger partial charge in [0, 0.05) is 5.56 Å². The van der Waals surface area contributed by atoms with E-state index in [1.807, 2.05) is 49.4 Å². The van der Waals surface area contributed by atoms with Gasteiger partial charge in [-0.25, -0.2) is 9.48 Å².